The Kier molecular flexibility index (Phi) is 2.89. The summed E-state index contributed by atoms with van der Waals surface area (Å²) in [6.07, 6.45) is 5.55. The fourth-order valence-corrected chi connectivity index (χ4v) is 2.08. The zero-order chi connectivity index (χ0) is 14.2. The van der Waals surface area contributed by atoms with Crippen molar-refractivity contribution in [1.29, 1.82) is 0 Å². The maximum Gasteiger partial charge on any atom is 0.167 e. The monoisotopic (exact) mass is 267 g/mol. The van der Waals surface area contributed by atoms with Crippen LogP contribution in [0.3, 0.4) is 0 Å². The first kappa shape index (κ1) is 12.6. The molecule has 0 saturated heterocycles. The SMILES string of the molecule is CC(C)(C)n1cnnc1-c1cnn(-c2ccccc2)c1. The maximum absolute atomic E-state index is 4.40. The molecule has 0 unspecified atom stereocenters. The molecule has 0 bridgehead atoms. The molecule has 1 aromatic carbocycles. The van der Waals surface area contributed by atoms with Gasteiger partial charge < -0.3 is 4.57 Å². The summed E-state index contributed by atoms with van der Waals surface area (Å²) in [5.41, 5.74) is 1.93. The fourth-order valence-electron chi connectivity index (χ4n) is 2.08. The van der Waals surface area contributed by atoms with Gasteiger partial charge in [-0.1, -0.05) is 18.2 Å². The minimum atomic E-state index is -0.0618. The van der Waals surface area contributed by atoms with Gasteiger partial charge in [-0.25, -0.2) is 4.68 Å². The molecule has 0 N–H and O–H groups in total. The quantitative estimate of drug-likeness (QED) is 0.717. The Bertz CT molecular complexity index is 703. The van der Waals surface area contributed by atoms with Gasteiger partial charge in [0.05, 0.1) is 17.4 Å². The van der Waals surface area contributed by atoms with Crippen molar-refractivity contribution in [3.63, 3.8) is 0 Å². The third-order valence-corrected chi connectivity index (χ3v) is 3.13. The summed E-state index contributed by atoms with van der Waals surface area (Å²) in [6, 6.07) is 10.0. The first-order valence-corrected chi connectivity index (χ1v) is 6.57. The van der Waals surface area contributed by atoms with E-state index in [1.807, 2.05) is 47.4 Å². The number of benzene rings is 1. The van der Waals surface area contributed by atoms with Crippen molar-refractivity contribution in [2.75, 3.05) is 0 Å². The first-order chi connectivity index (χ1) is 9.55. The second-order valence-electron chi connectivity index (χ2n) is 5.70. The number of hydrogen-bond acceptors (Lipinski definition) is 3. The van der Waals surface area contributed by atoms with E-state index in [4.69, 9.17) is 0 Å². The van der Waals surface area contributed by atoms with Crippen molar-refractivity contribution >= 4 is 0 Å². The molecule has 20 heavy (non-hydrogen) atoms. The minimum Gasteiger partial charge on any atom is -0.308 e. The molecule has 3 aromatic rings. The van der Waals surface area contributed by atoms with Crippen molar-refractivity contribution < 1.29 is 0 Å². The van der Waals surface area contributed by atoms with Crippen LogP contribution in [0.4, 0.5) is 0 Å². The van der Waals surface area contributed by atoms with Gasteiger partial charge in [0.1, 0.15) is 6.33 Å². The van der Waals surface area contributed by atoms with Crippen LogP contribution in [0.2, 0.25) is 0 Å². The zero-order valence-corrected chi connectivity index (χ0v) is 11.9. The minimum absolute atomic E-state index is 0.0618. The van der Waals surface area contributed by atoms with Crippen molar-refractivity contribution in [1.82, 2.24) is 24.5 Å². The predicted octanol–water partition coefficient (Wildman–Crippen LogP) is 2.89. The van der Waals surface area contributed by atoms with E-state index >= 15 is 0 Å². The lowest BCUT2D eigenvalue weighted by molar-refractivity contribution is 0.400. The van der Waals surface area contributed by atoms with Gasteiger partial charge in [-0.3, -0.25) is 0 Å². The molecular formula is C15H17N5. The van der Waals surface area contributed by atoms with Gasteiger partial charge in [0.25, 0.3) is 0 Å². The van der Waals surface area contributed by atoms with Crippen molar-refractivity contribution in [3.8, 4) is 17.1 Å². The Morgan fingerprint density at radius 3 is 2.50 bits per heavy atom. The highest BCUT2D eigenvalue weighted by molar-refractivity contribution is 5.53. The molecule has 5 heteroatoms. The molecule has 0 spiro atoms. The lowest BCUT2D eigenvalue weighted by Crippen LogP contribution is -2.21. The van der Waals surface area contributed by atoms with Gasteiger partial charge in [-0.15, -0.1) is 10.2 Å². The summed E-state index contributed by atoms with van der Waals surface area (Å²) >= 11 is 0. The third kappa shape index (κ3) is 2.22. The molecule has 5 nitrogen and oxygen atoms in total. The maximum atomic E-state index is 4.40. The first-order valence-electron chi connectivity index (χ1n) is 6.57. The summed E-state index contributed by atoms with van der Waals surface area (Å²) in [5.74, 6) is 0.833. The summed E-state index contributed by atoms with van der Waals surface area (Å²) in [7, 11) is 0. The summed E-state index contributed by atoms with van der Waals surface area (Å²) in [6.45, 7) is 6.38. The van der Waals surface area contributed by atoms with Crippen LogP contribution < -0.4 is 0 Å². The van der Waals surface area contributed by atoms with Crippen LogP contribution in [-0.4, -0.2) is 24.5 Å². The summed E-state index contributed by atoms with van der Waals surface area (Å²) in [5, 5.41) is 12.6. The molecule has 0 aliphatic heterocycles. The van der Waals surface area contributed by atoms with Crippen LogP contribution >= 0.6 is 0 Å². The van der Waals surface area contributed by atoms with E-state index in [1.165, 1.54) is 0 Å². The molecule has 0 aliphatic carbocycles. The molecule has 0 saturated carbocycles. The highest BCUT2D eigenvalue weighted by atomic mass is 15.3. The molecule has 2 heterocycles. The number of para-hydroxylation sites is 1. The normalized spacial score (nSPS) is 11.8. The molecular weight excluding hydrogens is 250 g/mol. The molecule has 0 radical (unpaired) electrons. The number of nitrogens with zero attached hydrogens (tertiary/aromatic N) is 5. The average Bonchev–Trinajstić information content (AvgIpc) is 3.08. The van der Waals surface area contributed by atoms with Crippen molar-refractivity contribution in [3.05, 3.63) is 49.1 Å². The standard InChI is InChI=1S/C15H17N5/c1-15(2,3)19-11-16-18-14(19)12-9-17-20(10-12)13-7-5-4-6-8-13/h4-11H,1-3H3. The van der Waals surface area contributed by atoms with Crippen LogP contribution in [-0.2, 0) is 5.54 Å². The molecule has 3 rings (SSSR count). The van der Waals surface area contributed by atoms with Crippen LogP contribution in [0, 0.1) is 0 Å². The second-order valence-corrected chi connectivity index (χ2v) is 5.70. The average molecular weight is 267 g/mol. The zero-order valence-electron chi connectivity index (χ0n) is 11.9. The highest BCUT2D eigenvalue weighted by Crippen LogP contribution is 2.23. The Morgan fingerprint density at radius 1 is 1.05 bits per heavy atom. The van der Waals surface area contributed by atoms with E-state index in [0.29, 0.717) is 0 Å². The lowest BCUT2D eigenvalue weighted by atomic mass is 10.1. The van der Waals surface area contributed by atoms with E-state index in [0.717, 1.165) is 17.1 Å². The molecule has 0 aliphatic rings. The highest BCUT2D eigenvalue weighted by Gasteiger charge is 2.19. The molecule has 102 valence electrons. The third-order valence-electron chi connectivity index (χ3n) is 3.13. The van der Waals surface area contributed by atoms with Crippen LogP contribution in [0.15, 0.2) is 49.1 Å². The van der Waals surface area contributed by atoms with Gasteiger partial charge in [0.2, 0.25) is 0 Å². The Hall–Kier alpha value is -2.43. The summed E-state index contributed by atoms with van der Waals surface area (Å²) < 4.78 is 3.90. The Morgan fingerprint density at radius 2 is 1.80 bits per heavy atom. The largest absolute Gasteiger partial charge is 0.308 e. The fraction of sp³-hybridized carbons (Fsp3) is 0.267. The van der Waals surface area contributed by atoms with E-state index in [2.05, 4.69) is 40.6 Å². The molecule has 2 aromatic heterocycles. The van der Waals surface area contributed by atoms with Gasteiger partial charge in [-0.05, 0) is 32.9 Å². The number of aromatic nitrogens is 5. The van der Waals surface area contributed by atoms with Gasteiger partial charge in [0.15, 0.2) is 5.82 Å². The lowest BCUT2D eigenvalue weighted by Gasteiger charge is -2.21. The van der Waals surface area contributed by atoms with E-state index in [-0.39, 0.29) is 5.54 Å². The number of rotatable bonds is 2. The Balaban J connectivity index is 2.02. The topological polar surface area (TPSA) is 48.5 Å². The van der Waals surface area contributed by atoms with E-state index in [9.17, 15) is 0 Å². The molecule has 0 atom stereocenters. The van der Waals surface area contributed by atoms with Gasteiger partial charge in [-0.2, -0.15) is 5.10 Å². The predicted molar refractivity (Wildman–Crippen MR) is 77.6 cm³/mol. The Labute approximate surface area is 117 Å². The smallest absolute Gasteiger partial charge is 0.167 e. The van der Waals surface area contributed by atoms with Crippen LogP contribution in [0.1, 0.15) is 20.8 Å². The second kappa shape index (κ2) is 4.59. The van der Waals surface area contributed by atoms with Crippen LogP contribution in [0.5, 0.6) is 0 Å². The van der Waals surface area contributed by atoms with Gasteiger partial charge >= 0.3 is 0 Å². The van der Waals surface area contributed by atoms with Gasteiger partial charge in [0, 0.05) is 11.7 Å². The van der Waals surface area contributed by atoms with E-state index in [1.54, 1.807) is 6.33 Å². The van der Waals surface area contributed by atoms with Crippen molar-refractivity contribution in [2.45, 2.75) is 26.3 Å². The number of hydrogen-bond donors (Lipinski definition) is 0. The molecule has 0 fully saturated rings. The summed E-state index contributed by atoms with van der Waals surface area (Å²) in [4.78, 5) is 0. The van der Waals surface area contributed by atoms with Crippen molar-refractivity contribution in [2.24, 2.45) is 0 Å². The molecule has 0 amide bonds. The van der Waals surface area contributed by atoms with E-state index < -0.39 is 0 Å². The van der Waals surface area contributed by atoms with Crippen LogP contribution in [0.25, 0.3) is 17.1 Å².